The van der Waals surface area contributed by atoms with Crippen LogP contribution in [0.3, 0.4) is 0 Å². The fourth-order valence-corrected chi connectivity index (χ4v) is 3.87. The molecule has 1 aliphatic rings. The molecule has 7 nitrogen and oxygen atoms in total. The summed E-state index contributed by atoms with van der Waals surface area (Å²) in [6.45, 7) is 7.29. The average Bonchev–Trinajstić information content (AvgIpc) is 2.73. The standard InChI is InChI=1S/C24H29ClFN5O2/c1-14-9-10-16(12-17(14)25)28-21-15(13-27)11-18(26)22(31-21)29-19-7-5-6-8-20(19)30-23(32)33-24(2,3)4/h9-12,19-20H,5-8H2,1-4H3,(H,30,32)(H2,28,29,31)/t19-,20+/m1/s1. The molecule has 2 aromatic rings. The highest BCUT2D eigenvalue weighted by molar-refractivity contribution is 6.31. The Bertz CT molecular complexity index is 1060. The molecule has 1 aromatic heterocycles. The maximum atomic E-state index is 14.8. The van der Waals surface area contributed by atoms with E-state index in [2.05, 4.69) is 20.9 Å². The molecule has 3 rings (SSSR count). The number of carbonyl (C=O) groups is 1. The highest BCUT2D eigenvalue weighted by Gasteiger charge is 2.29. The third kappa shape index (κ3) is 6.72. The van der Waals surface area contributed by atoms with Gasteiger partial charge in [0.25, 0.3) is 0 Å². The highest BCUT2D eigenvalue weighted by atomic mass is 35.5. The van der Waals surface area contributed by atoms with Gasteiger partial charge in [-0.25, -0.2) is 14.2 Å². The number of aryl methyl sites for hydroxylation is 1. The van der Waals surface area contributed by atoms with Gasteiger partial charge in [0.15, 0.2) is 17.5 Å². The van der Waals surface area contributed by atoms with Crippen LogP contribution in [0, 0.1) is 24.1 Å². The number of nitrogens with zero attached hydrogens (tertiary/aromatic N) is 2. The number of aromatic nitrogens is 1. The van der Waals surface area contributed by atoms with Crippen LogP contribution in [0.25, 0.3) is 0 Å². The van der Waals surface area contributed by atoms with Crippen molar-refractivity contribution < 1.29 is 13.9 Å². The Labute approximate surface area is 198 Å². The first-order chi connectivity index (χ1) is 15.6. The van der Waals surface area contributed by atoms with E-state index >= 15 is 0 Å². The molecule has 0 bridgehead atoms. The molecule has 3 N–H and O–H groups in total. The maximum Gasteiger partial charge on any atom is 0.407 e. The van der Waals surface area contributed by atoms with Crippen molar-refractivity contribution in [1.29, 1.82) is 5.26 Å². The fraction of sp³-hybridized carbons (Fsp3) is 0.458. The molecule has 0 saturated heterocycles. The fourth-order valence-electron chi connectivity index (χ4n) is 3.69. The number of rotatable bonds is 5. The number of ether oxygens (including phenoxy) is 1. The summed E-state index contributed by atoms with van der Waals surface area (Å²) in [5.74, 6) is -0.410. The largest absolute Gasteiger partial charge is 0.444 e. The number of hydrogen-bond acceptors (Lipinski definition) is 6. The minimum absolute atomic E-state index is 0.0117. The predicted molar refractivity (Wildman–Crippen MR) is 127 cm³/mol. The predicted octanol–water partition coefficient (Wildman–Crippen LogP) is 6.05. The van der Waals surface area contributed by atoms with Gasteiger partial charge in [0.2, 0.25) is 0 Å². The van der Waals surface area contributed by atoms with Gasteiger partial charge in [-0.1, -0.05) is 30.5 Å². The molecule has 0 radical (unpaired) electrons. The van der Waals surface area contributed by atoms with Gasteiger partial charge in [-0.2, -0.15) is 5.26 Å². The summed E-state index contributed by atoms with van der Waals surface area (Å²) in [6.07, 6.45) is 2.85. The molecule has 0 aliphatic heterocycles. The number of nitriles is 1. The second-order valence-electron chi connectivity index (χ2n) is 9.20. The first kappa shape index (κ1) is 24.6. The molecule has 1 heterocycles. The van der Waals surface area contributed by atoms with E-state index in [0.717, 1.165) is 37.3 Å². The number of amides is 1. The first-order valence-electron chi connectivity index (χ1n) is 11.0. The zero-order valence-electron chi connectivity index (χ0n) is 19.3. The summed E-state index contributed by atoms with van der Waals surface area (Å²) in [7, 11) is 0. The Morgan fingerprint density at radius 2 is 1.91 bits per heavy atom. The summed E-state index contributed by atoms with van der Waals surface area (Å²) in [5.41, 5.74) is 1.01. The van der Waals surface area contributed by atoms with E-state index in [0.29, 0.717) is 10.7 Å². The second-order valence-corrected chi connectivity index (χ2v) is 9.61. The summed E-state index contributed by atoms with van der Waals surface area (Å²) < 4.78 is 20.2. The number of nitrogens with one attached hydrogen (secondary N) is 3. The molecule has 0 unspecified atom stereocenters. The average molecular weight is 474 g/mol. The number of benzene rings is 1. The number of alkyl carbamates (subject to hydrolysis) is 1. The molecule has 0 spiro atoms. The van der Waals surface area contributed by atoms with Gasteiger partial charge in [0.1, 0.15) is 11.7 Å². The van der Waals surface area contributed by atoms with Crippen LogP contribution in [0.5, 0.6) is 0 Å². The van der Waals surface area contributed by atoms with Crippen LogP contribution >= 0.6 is 11.6 Å². The smallest absolute Gasteiger partial charge is 0.407 e. The zero-order valence-corrected chi connectivity index (χ0v) is 20.0. The molecule has 1 amide bonds. The van der Waals surface area contributed by atoms with Crippen LogP contribution in [0.15, 0.2) is 24.3 Å². The van der Waals surface area contributed by atoms with Gasteiger partial charge in [0, 0.05) is 16.8 Å². The summed E-state index contributed by atoms with van der Waals surface area (Å²) in [6, 6.07) is 8.01. The zero-order chi connectivity index (χ0) is 24.2. The van der Waals surface area contributed by atoms with E-state index in [1.54, 1.807) is 26.8 Å². The molecule has 2 atom stereocenters. The Morgan fingerprint density at radius 3 is 2.55 bits per heavy atom. The van der Waals surface area contributed by atoms with Crippen molar-refractivity contribution in [3.05, 3.63) is 46.2 Å². The van der Waals surface area contributed by atoms with Crippen molar-refractivity contribution >= 4 is 35.0 Å². The van der Waals surface area contributed by atoms with Crippen LogP contribution in [0.4, 0.5) is 26.5 Å². The van der Waals surface area contributed by atoms with Crippen LogP contribution in [0.2, 0.25) is 5.02 Å². The Hall–Kier alpha value is -3.05. The highest BCUT2D eigenvalue weighted by Crippen LogP contribution is 2.28. The summed E-state index contributed by atoms with van der Waals surface area (Å²) in [4.78, 5) is 16.6. The molecular formula is C24H29ClFN5O2. The Balaban J connectivity index is 1.81. The SMILES string of the molecule is Cc1ccc(Nc2nc(N[C@@H]3CCCC[C@@H]3NC(=O)OC(C)(C)C)c(F)cc2C#N)cc1Cl. The number of pyridine rings is 1. The first-order valence-corrected chi connectivity index (χ1v) is 11.3. The lowest BCUT2D eigenvalue weighted by Gasteiger charge is -2.33. The third-order valence-corrected chi connectivity index (χ3v) is 5.73. The van der Waals surface area contributed by atoms with Crippen LogP contribution < -0.4 is 16.0 Å². The lowest BCUT2D eigenvalue weighted by molar-refractivity contribution is 0.0488. The van der Waals surface area contributed by atoms with Gasteiger partial charge < -0.3 is 20.7 Å². The van der Waals surface area contributed by atoms with Crippen molar-refractivity contribution in [2.24, 2.45) is 0 Å². The third-order valence-electron chi connectivity index (χ3n) is 5.32. The number of carbonyl (C=O) groups excluding carboxylic acids is 1. The Kier molecular flexibility index (Phi) is 7.65. The minimum atomic E-state index is -0.638. The summed E-state index contributed by atoms with van der Waals surface area (Å²) >= 11 is 6.19. The van der Waals surface area contributed by atoms with Crippen LogP contribution in [-0.2, 0) is 4.74 Å². The Morgan fingerprint density at radius 1 is 1.21 bits per heavy atom. The van der Waals surface area contributed by atoms with E-state index < -0.39 is 17.5 Å². The van der Waals surface area contributed by atoms with Crippen molar-refractivity contribution in [2.75, 3.05) is 10.6 Å². The minimum Gasteiger partial charge on any atom is -0.444 e. The molecule has 33 heavy (non-hydrogen) atoms. The van der Waals surface area contributed by atoms with E-state index in [9.17, 15) is 14.4 Å². The lowest BCUT2D eigenvalue weighted by Crippen LogP contribution is -2.50. The topological polar surface area (TPSA) is 99.1 Å². The molecule has 9 heteroatoms. The molecule has 1 aromatic carbocycles. The van der Waals surface area contributed by atoms with E-state index in [1.807, 2.05) is 25.1 Å². The lowest BCUT2D eigenvalue weighted by atomic mass is 9.90. The monoisotopic (exact) mass is 473 g/mol. The number of halogens is 2. The molecule has 1 aliphatic carbocycles. The quantitative estimate of drug-likeness (QED) is 0.489. The molecular weight excluding hydrogens is 445 g/mol. The molecule has 1 fully saturated rings. The van der Waals surface area contributed by atoms with Gasteiger partial charge in [-0.15, -0.1) is 0 Å². The van der Waals surface area contributed by atoms with Crippen molar-refractivity contribution in [3.8, 4) is 6.07 Å². The van der Waals surface area contributed by atoms with Gasteiger partial charge in [-0.05, 0) is 64.3 Å². The molecule has 1 saturated carbocycles. The second kappa shape index (κ2) is 10.3. The normalized spacial score (nSPS) is 18.2. The van der Waals surface area contributed by atoms with Gasteiger partial charge >= 0.3 is 6.09 Å². The number of anilines is 3. The van der Waals surface area contributed by atoms with Crippen molar-refractivity contribution in [2.45, 2.75) is 71.1 Å². The summed E-state index contributed by atoms with van der Waals surface area (Å²) in [5, 5.41) is 19.1. The van der Waals surface area contributed by atoms with Gasteiger partial charge in [0.05, 0.1) is 11.6 Å². The van der Waals surface area contributed by atoms with Crippen molar-refractivity contribution in [1.82, 2.24) is 10.3 Å². The van der Waals surface area contributed by atoms with Crippen LogP contribution in [0.1, 0.15) is 57.6 Å². The maximum absolute atomic E-state index is 14.8. The van der Waals surface area contributed by atoms with Crippen LogP contribution in [-0.4, -0.2) is 28.8 Å². The molecule has 176 valence electrons. The van der Waals surface area contributed by atoms with E-state index in [-0.39, 0.29) is 29.3 Å². The van der Waals surface area contributed by atoms with Crippen molar-refractivity contribution in [3.63, 3.8) is 0 Å². The number of hydrogen-bond donors (Lipinski definition) is 3. The van der Waals surface area contributed by atoms with E-state index in [1.165, 1.54) is 0 Å². The van der Waals surface area contributed by atoms with E-state index in [4.69, 9.17) is 16.3 Å². The van der Waals surface area contributed by atoms with Gasteiger partial charge in [-0.3, -0.25) is 0 Å².